The lowest BCUT2D eigenvalue weighted by Gasteiger charge is -2.10. The maximum absolute atomic E-state index is 3.53. The first-order chi connectivity index (χ1) is 10.2. The van der Waals surface area contributed by atoms with E-state index in [9.17, 15) is 0 Å². The van der Waals surface area contributed by atoms with Crippen LogP contribution >= 0.6 is 15.9 Å². The number of nitrogens with zero attached hydrogens (tertiary/aromatic N) is 1. The van der Waals surface area contributed by atoms with E-state index in [0.29, 0.717) is 0 Å². The first kappa shape index (κ1) is 14.0. The highest BCUT2D eigenvalue weighted by Crippen LogP contribution is 2.19. The van der Waals surface area contributed by atoms with Gasteiger partial charge in [0, 0.05) is 34.8 Å². The Hall–Kier alpha value is -2.00. The Bertz CT molecular complexity index is 733. The Labute approximate surface area is 133 Å². The molecule has 0 saturated carbocycles. The third-order valence-corrected chi connectivity index (χ3v) is 4.36. The zero-order chi connectivity index (χ0) is 14.7. The van der Waals surface area contributed by atoms with Crippen LogP contribution in [0.3, 0.4) is 0 Å². The van der Waals surface area contributed by atoms with Gasteiger partial charge < -0.3 is 9.88 Å². The van der Waals surface area contributed by atoms with E-state index in [1.807, 2.05) is 12.1 Å². The molecule has 0 saturated heterocycles. The molecule has 1 aromatic heterocycles. The summed E-state index contributed by atoms with van der Waals surface area (Å²) in [6.07, 6.45) is 4.11. The molecule has 3 heteroatoms. The average molecular weight is 341 g/mol. The minimum Gasteiger partial charge on any atom is -0.381 e. The standard InChI is InChI=1S/C18H17BrN2/c1-14-11-15(7-8-18(14)19)13-20-16-5-4-6-17(12-16)21-9-2-3-10-21/h2-12,20H,13H2,1H3. The molecule has 21 heavy (non-hydrogen) atoms. The first-order valence-corrected chi connectivity index (χ1v) is 7.74. The second kappa shape index (κ2) is 6.19. The summed E-state index contributed by atoms with van der Waals surface area (Å²) in [7, 11) is 0. The van der Waals surface area contributed by atoms with Crippen LogP contribution in [-0.2, 0) is 6.54 Å². The molecule has 0 bridgehead atoms. The Morgan fingerprint density at radius 3 is 2.57 bits per heavy atom. The molecule has 0 fully saturated rings. The quantitative estimate of drug-likeness (QED) is 0.694. The average Bonchev–Trinajstić information content (AvgIpc) is 3.03. The maximum Gasteiger partial charge on any atom is 0.0469 e. The van der Waals surface area contributed by atoms with Crippen molar-refractivity contribution >= 4 is 21.6 Å². The number of aromatic nitrogens is 1. The Kier molecular flexibility index (Phi) is 4.11. The molecule has 0 radical (unpaired) electrons. The minimum atomic E-state index is 0.823. The number of nitrogens with one attached hydrogen (secondary N) is 1. The van der Waals surface area contributed by atoms with E-state index in [0.717, 1.165) is 22.4 Å². The normalized spacial score (nSPS) is 10.6. The molecule has 0 aliphatic rings. The summed E-state index contributed by atoms with van der Waals surface area (Å²) in [4.78, 5) is 0. The maximum atomic E-state index is 3.53. The molecule has 106 valence electrons. The van der Waals surface area contributed by atoms with E-state index in [4.69, 9.17) is 0 Å². The lowest BCUT2D eigenvalue weighted by Crippen LogP contribution is -2.00. The number of hydrogen-bond donors (Lipinski definition) is 1. The number of anilines is 1. The zero-order valence-corrected chi connectivity index (χ0v) is 13.5. The van der Waals surface area contributed by atoms with Crippen LogP contribution in [0.2, 0.25) is 0 Å². The van der Waals surface area contributed by atoms with Crippen LogP contribution in [0, 0.1) is 6.92 Å². The second-order valence-corrected chi connectivity index (χ2v) is 5.93. The van der Waals surface area contributed by atoms with Gasteiger partial charge in [-0.2, -0.15) is 0 Å². The van der Waals surface area contributed by atoms with Crippen molar-refractivity contribution < 1.29 is 0 Å². The van der Waals surface area contributed by atoms with Crippen molar-refractivity contribution in [3.05, 3.63) is 82.6 Å². The summed E-state index contributed by atoms with van der Waals surface area (Å²) >= 11 is 3.53. The first-order valence-electron chi connectivity index (χ1n) is 6.95. The Morgan fingerprint density at radius 1 is 1.00 bits per heavy atom. The van der Waals surface area contributed by atoms with Gasteiger partial charge in [0.15, 0.2) is 0 Å². The van der Waals surface area contributed by atoms with Crippen molar-refractivity contribution in [2.45, 2.75) is 13.5 Å². The van der Waals surface area contributed by atoms with Gasteiger partial charge in [0.25, 0.3) is 0 Å². The molecular formula is C18H17BrN2. The van der Waals surface area contributed by atoms with E-state index in [2.05, 4.69) is 87.6 Å². The highest BCUT2D eigenvalue weighted by Gasteiger charge is 2.00. The van der Waals surface area contributed by atoms with Gasteiger partial charge in [-0.15, -0.1) is 0 Å². The van der Waals surface area contributed by atoms with E-state index >= 15 is 0 Å². The van der Waals surface area contributed by atoms with Crippen molar-refractivity contribution in [2.24, 2.45) is 0 Å². The van der Waals surface area contributed by atoms with Gasteiger partial charge in [-0.1, -0.05) is 34.1 Å². The van der Waals surface area contributed by atoms with Crippen LogP contribution in [0.15, 0.2) is 71.5 Å². The number of aryl methyl sites for hydroxylation is 1. The van der Waals surface area contributed by atoms with Gasteiger partial charge >= 0.3 is 0 Å². The summed E-state index contributed by atoms with van der Waals surface area (Å²) in [5, 5.41) is 3.48. The van der Waals surface area contributed by atoms with E-state index in [1.54, 1.807) is 0 Å². The fourth-order valence-electron chi connectivity index (χ4n) is 2.30. The third-order valence-electron chi connectivity index (χ3n) is 3.47. The molecule has 1 heterocycles. The molecule has 0 spiro atoms. The molecule has 3 rings (SSSR count). The highest BCUT2D eigenvalue weighted by atomic mass is 79.9. The van der Waals surface area contributed by atoms with Crippen molar-refractivity contribution in [1.82, 2.24) is 4.57 Å². The van der Waals surface area contributed by atoms with Gasteiger partial charge in [-0.3, -0.25) is 0 Å². The molecule has 0 amide bonds. The van der Waals surface area contributed by atoms with Crippen LogP contribution in [-0.4, -0.2) is 4.57 Å². The molecule has 1 N–H and O–H groups in total. The molecule has 0 atom stereocenters. The largest absolute Gasteiger partial charge is 0.381 e. The van der Waals surface area contributed by atoms with Crippen LogP contribution in [0.4, 0.5) is 5.69 Å². The Morgan fingerprint density at radius 2 is 1.81 bits per heavy atom. The zero-order valence-electron chi connectivity index (χ0n) is 11.9. The molecular weight excluding hydrogens is 324 g/mol. The molecule has 2 aromatic carbocycles. The molecule has 0 unspecified atom stereocenters. The molecule has 3 aromatic rings. The Balaban J connectivity index is 1.73. The number of benzene rings is 2. The molecule has 0 aliphatic carbocycles. The fraction of sp³-hybridized carbons (Fsp3) is 0.111. The molecule has 0 aliphatic heterocycles. The van der Waals surface area contributed by atoms with E-state index < -0.39 is 0 Å². The summed E-state index contributed by atoms with van der Waals surface area (Å²) in [5.41, 5.74) is 4.83. The van der Waals surface area contributed by atoms with E-state index in [1.165, 1.54) is 11.1 Å². The van der Waals surface area contributed by atoms with Crippen LogP contribution < -0.4 is 5.32 Å². The van der Waals surface area contributed by atoms with Crippen molar-refractivity contribution in [1.29, 1.82) is 0 Å². The van der Waals surface area contributed by atoms with Gasteiger partial charge in [0.05, 0.1) is 0 Å². The SMILES string of the molecule is Cc1cc(CNc2cccc(-n3cccc3)c2)ccc1Br. The monoisotopic (exact) mass is 340 g/mol. The number of halogens is 1. The van der Waals surface area contributed by atoms with Gasteiger partial charge in [-0.25, -0.2) is 0 Å². The number of rotatable bonds is 4. The smallest absolute Gasteiger partial charge is 0.0469 e. The minimum absolute atomic E-state index is 0.823. The predicted molar refractivity (Wildman–Crippen MR) is 92.0 cm³/mol. The van der Waals surface area contributed by atoms with Gasteiger partial charge in [0.2, 0.25) is 0 Å². The second-order valence-electron chi connectivity index (χ2n) is 5.08. The highest BCUT2D eigenvalue weighted by molar-refractivity contribution is 9.10. The summed E-state index contributed by atoms with van der Waals surface area (Å²) in [6.45, 7) is 2.93. The summed E-state index contributed by atoms with van der Waals surface area (Å²) in [6, 6.07) is 18.9. The van der Waals surface area contributed by atoms with Crippen molar-refractivity contribution in [2.75, 3.05) is 5.32 Å². The third kappa shape index (κ3) is 3.37. The summed E-state index contributed by atoms with van der Waals surface area (Å²) < 4.78 is 3.26. The van der Waals surface area contributed by atoms with Crippen LogP contribution in [0.25, 0.3) is 5.69 Å². The fourth-order valence-corrected chi connectivity index (χ4v) is 2.55. The van der Waals surface area contributed by atoms with Gasteiger partial charge in [-0.05, 0) is 54.4 Å². The number of hydrogen-bond acceptors (Lipinski definition) is 1. The van der Waals surface area contributed by atoms with Gasteiger partial charge in [0.1, 0.15) is 0 Å². The van der Waals surface area contributed by atoms with E-state index in [-0.39, 0.29) is 0 Å². The van der Waals surface area contributed by atoms with Crippen molar-refractivity contribution in [3.63, 3.8) is 0 Å². The molecule has 2 nitrogen and oxygen atoms in total. The van der Waals surface area contributed by atoms with Crippen LogP contribution in [0.1, 0.15) is 11.1 Å². The lowest BCUT2D eigenvalue weighted by atomic mass is 10.1. The summed E-state index contributed by atoms with van der Waals surface area (Å²) in [5.74, 6) is 0. The topological polar surface area (TPSA) is 17.0 Å². The predicted octanol–water partition coefficient (Wildman–Crippen LogP) is 5.16. The lowest BCUT2D eigenvalue weighted by molar-refractivity contribution is 1.07. The van der Waals surface area contributed by atoms with Crippen molar-refractivity contribution in [3.8, 4) is 5.69 Å². The van der Waals surface area contributed by atoms with Crippen LogP contribution in [0.5, 0.6) is 0 Å².